The molecule has 78 valence electrons. The Hall–Kier alpha value is -1.04. The maximum absolute atomic E-state index is 5.59. The predicted octanol–water partition coefficient (Wildman–Crippen LogP) is 0.944. The van der Waals surface area contributed by atoms with Gasteiger partial charge >= 0.3 is 0 Å². The first-order valence-electron chi connectivity index (χ1n) is 4.26. The molecule has 0 fully saturated rings. The third-order valence-corrected chi connectivity index (χ3v) is 2.69. The van der Waals surface area contributed by atoms with Gasteiger partial charge in [-0.15, -0.1) is 0 Å². The van der Waals surface area contributed by atoms with Crippen LogP contribution in [0.25, 0.3) is 0 Å². The van der Waals surface area contributed by atoms with Crippen LogP contribution in [0.2, 0.25) is 0 Å². The number of hydrogen-bond donors (Lipinski definition) is 1. The third-order valence-electron chi connectivity index (χ3n) is 1.78. The quantitative estimate of drug-likeness (QED) is 0.806. The van der Waals surface area contributed by atoms with Crippen molar-refractivity contribution in [2.45, 2.75) is 12.2 Å². The van der Waals surface area contributed by atoms with Gasteiger partial charge in [0.2, 0.25) is 11.9 Å². The molecule has 1 rings (SSSR count). The molecule has 6 heteroatoms. The van der Waals surface area contributed by atoms with Gasteiger partial charge < -0.3 is 10.6 Å². The maximum atomic E-state index is 5.59. The first-order valence-corrected chi connectivity index (χ1v) is 5.55. The Bertz CT molecular complexity index is 315. The predicted molar refractivity (Wildman–Crippen MR) is 60.5 cm³/mol. The lowest BCUT2D eigenvalue weighted by atomic mass is 10.4. The highest BCUT2D eigenvalue weighted by atomic mass is 32.2. The number of aromatic nitrogens is 3. The zero-order chi connectivity index (χ0) is 10.7. The molecule has 0 saturated heterocycles. The first-order chi connectivity index (χ1) is 6.54. The highest BCUT2D eigenvalue weighted by Gasteiger charge is 2.11. The minimum absolute atomic E-state index is 0.235. The summed E-state index contributed by atoms with van der Waals surface area (Å²) < 4.78 is 0. The Kier molecular flexibility index (Phi) is 3.51. The van der Waals surface area contributed by atoms with E-state index in [0.29, 0.717) is 5.95 Å². The van der Waals surface area contributed by atoms with E-state index in [4.69, 9.17) is 5.73 Å². The van der Waals surface area contributed by atoms with Crippen LogP contribution in [0.4, 0.5) is 11.9 Å². The average molecular weight is 213 g/mol. The highest BCUT2D eigenvalue weighted by Crippen LogP contribution is 2.23. The Morgan fingerprint density at radius 3 is 2.43 bits per heavy atom. The molecule has 1 heterocycles. The van der Waals surface area contributed by atoms with Crippen molar-refractivity contribution < 1.29 is 0 Å². The van der Waals surface area contributed by atoms with Crippen molar-refractivity contribution in [1.29, 1.82) is 0 Å². The van der Waals surface area contributed by atoms with Gasteiger partial charge in [-0.3, -0.25) is 0 Å². The zero-order valence-corrected chi connectivity index (χ0v) is 9.67. The van der Waals surface area contributed by atoms with E-state index < -0.39 is 0 Å². The number of thioether (sulfide) groups is 1. The molecule has 14 heavy (non-hydrogen) atoms. The van der Waals surface area contributed by atoms with Gasteiger partial charge in [0, 0.05) is 14.1 Å². The average Bonchev–Trinajstić information content (AvgIpc) is 2.15. The van der Waals surface area contributed by atoms with Gasteiger partial charge in [-0.2, -0.15) is 26.7 Å². The summed E-state index contributed by atoms with van der Waals surface area (Å²) in [5.74, 6) is 1.61. The second-order valence-electron chi connectivity index (χ2n) is 3.12. The number of rotatable bonds is 3. The number of hydrogen-bond acceptors (Lipinski definition) is 6. The Morgan fingerprint density at radius 1 is 1.29 bits per heavy atom. The van der Waals surface area contributed by atoms with E-state index in [1.165, 1.54) is 0 Å². The van der Waals surface area contributed by atoms with Crippen molar-refractivity contribution >= 4 is 23.7 Å². The van der Waals surface area contributed by atoms with Crippen molar-refractivity contribution in [3.05, 3.63) is 5.82 Å². The monoisotopic (exact) mass is 213 g/mol. The molecule has 0 amide bonds. The molecule has 0 spiro atoms. The summed E-state index contributed by atoms with van der Waals surface area (Å²) in [5.41, 5.74) is 5.59. The second kappa shape index (κ2) is 4.45. The summed E-state index contributed by atoms with van der Waals surface area (Å²) >= 11 is 1.68. The first kappa shape index (κ1) is 11.0. The smallest absolute Gasteiger partial charge is 0.229 e. The van der Waals surface area contributed by atoms with Gasteiger partial charge in [0.15, 0.2) is 0 Å². The Labute approximate surface area is 88.1 Å². The minimum Gasteiger partial charge on any atom is -0.368 e. The number of nitrogens with two attached hydrogens (primary N) is 1. The largest absolute Gasteiger partial charge is 0.368 e. The van der Waals surface area contributed by atoms with Crippen LogP contribution in [0.5, 0.6) is 0 Å². The lowest BCUT2D eigenvalue weighted by Gasteiger charge is -2.13. The summed E-state index contributed by atoms with van der Waals surface area (Å²) in [6, 6.07) is 0. The van der Waals surface area contributed by atoms with E-state index >= 15 is 0 Å². The summed E-state index contributed by atoms with van der Waals surface area (Å²) in [6.45, 7) is 2.04. The van der Waals surface area contributed by atoms with Crippen molar-refractivity contribution in [1.82, 2.24) is 15.0 Å². The molecule has 1 aromatic rings. The SMILES string of the molecule is CS[C@@H](C)c1nc(N)nc(N(C)C)n1. The number of anilines is 2. The maximum Gasteiger partial charge on any atom is 0.229 e. The molecule has 1 atom stereocenters. The standard InChI is InChI=1S/C8H15N5S/c1-5(14-4)6-10-7(9)12-8(11-6)13(2)3/h5H,1-4H3,(H2,9,10,11,12)/t5-/m0/s1. The van der Waals surface area contributed by atoms with Crippen LogP contribution in [-0.2, 0) is 0 Å². The van der Waals surface area contributed by atoms with Crippen LogP contribution in [0.3, 0.4) is 0 Å². The van der Waals surface area contributed by atoms with Crippen LogP contribution in [-0.4, -0.2) is 35.3 Å². The van der Waals surface area contributed by atoms with Crippen LogP contribution >= 0.6 is 11.8 Å². The van der Waals surface area contributed by atoms with E-state index in [-0.39, 0.29) is 11.2 Å². The molecule has 0 saturated carbocycles. The molecule has 0 aliphatic heterocycles. The summed E-state index contributed by atoms with van der Waals surface area (Å²) in [4.78, 5) is 14.2. The summed E-state index contributed by atoms with van der Waals surface area (Å²) in [6.07, 6.45) is 2.01. The minimum atomic E-state index is 0.235. The molecular formula is C8H15N5S. The fourth-order valence-corrected chi connectivity index (χ4v) is 1.20. The van der Waals surface area contributed by atoms with Gasteiger partial charge in [-0.25, -0.2) is 0 Å². The number of nitrogens with zero attached hydrogens (tertiary/aromatic N) is 4. The van der Waals surface area contributed by atoms with Crippen LogP contribution < -0.4 is 10.6 Å². The van der Waals surface area contributed by atoms with Crippen molar-refractivity contribution in [2.75, 3.05) is 31.0 Å². The molecule has 0 aliphatic rings. The van der Waals surface area contributed by atoms with E-state index in [0.717, 1.165) is 5.82 Å². The lowest BCUT2D eigenvalue weighted by molar-refractivity contribution is 0.866. The van der Waals surface area contributed by atoms with Gasteiger partial charge in [0.25, 0.3) is 0 Å². The zero-order valence-electron chi connectivity index (χ0n) is 8.85. The third kappa shape index (κ3) is 2.47. The molecule has 5 nitrogen and oxygen atoms in total. The second-order valence-corrected chi connectivity index (χ2v) is 4.30. The molecule has 1 aromatic heterocycles. The van der Waals surface area contributed by atoms with Crippen molar-refractivity contribution in [2.24, 2.45) is 0 Å². The molecule has 2 N–H and O–H groups in total. The molecule has 0 aromatic carbocycles. The van der Waals surface area contributed by atoms with Crippen LogP contribution in [0.1, 0.15) is 18.0 Å². The van der Waals surface area contributed by atoms with Crippen LogP contribution in [0, 0.1) is 0 Å². The van der Waals surface area contributed by atoms with Gasteiger partial charge in [-0.05, 0) is 13.2 Å². The Balaban J connectivity index is 3.07. The topological polar surface area (TPSA) is 67.9 Å². The van der Waals surface area contributed by atoms with Gasteiger partial charge in [0.05, 0.1) is 5.25 Å². The van der Waals surface area contributed by atoms with E-state index in [9.17, 15) is 0 Å². The fourth-order valence-electron chi connectivity index (χ4n) is 0.884. The van der Waals surface area contributed by atoms with Gasteiger partial charge in [-0.1, -0.05) is 0 Å². The normalized spacial score (nSPS) is 12.6. The molecule has 0 bridgehead atoms. The number of nitrogen functional groups attached to an aromatic ring is 1. The molecular weight excluding hydrogens is 198 g/mol. The van der Waals surface area contributed by atoms with Crippen LogP contribution in [0.15, 0.2) is 0 Å². The molecule has 0 radical (unpaired) electrons. The van der Waals surface area contributed by atoms with Crippen molar-refractivity contribution in [3.8, 4) is 0 Å². The molecule has 0 aliphatic carbocycles. The van der Waals surface area contributed by atoms with E-state index in [1.54, 1.807) is 11.8 Å². The fraction of sp³-hybridized carbons (Fsp3) is 0.625. The summed E-state index contributed by atoms with van der Waals surface area (Å²) in [5, 5.41) is 0.235. The van der Waals surface area contributed by atoms with Gasteiger partial charge in [0.1, 0.15) is 5.82 Å². The van der Waals surface area contributed by atoms with Crippen molar-refractivity contribution in [3.63, 3.8) is 0 Å². The van der Waals surface area contributed by atoms with E-state index in [2.05, 4.69) is 15.0 Å². The highest BCUT2D eigenvalue weighted by molar-refractivity contribution is 7.98. The summed E-state index contributed by atoms with van der Waals surface area (Å²) in [7, 11) is 3.75. The Morgan fingerprint density at radius 2 is 1.93 bits per heavy atom. The lowest BCUT2D eigenvalue weighted by Crippen LogP contribution is -2.16. The molecule has 0 unspecified atom stereocenters. The van der Waals surface area contributed by atoms with E-state index in [1.807, 2.05) is 32.2 Å².